The van der Waals surface area contributed by atoms with Gasteiger partial charge in [0.25, 0.3) is 0 Å². The van der Waals surface area contributed by atoms with Crippen molar-refractivity contribution in [1.82, 2.24) is 4.90 Å². The minimum absolute atomic E-state index is 0.0554. The van der Waals surface area contributed by atoms with Crippen LogP contribution < -0.4 is 5.73 Å². The molecule has 6 nitrogen and oxygen atoms in total. The topological polar surface area (TPSA) is 88.1 Å². The number of hydrogen-bond acceptors (Lipinski definition) is 4. The number of rotatable bonds is 6. The van der Waals surface area contributed by atoms with Gasteiger partial charge in [0.15, 0.2) is 0 Å². The Morgan fingerprint density at radius 1 is 1.47 bits per heavy atom. The summed E-state index contributed by atoms with van der Waals surface area (Å²) < 4.78 is 5.28. The Labute approximate surface area is 114 Å². The second-order valence-corrected chi connectivity index (χ2v) is 5.41. The molecule has 1 fully saturated rings. The Balaban J connectivity index is 2.58. The fourth-order valence-corrected chi connectivity index (χ4v) is 2.23. The average molecular weight is 271 g/mol. The summed E-state index contributed by atoms with van der Waals surface area (Å²) in [4.78, 5) is 14.3. The number of carbonyl (C=O) groups is 1. The molecule has 0 saturated carbocycles. The number of nitrogens with zero attached hydrogens (tertiary/aromatic N) is 2. The fraction of sp³-hybridized carbons (Fsp3) is 0.846. The Hall–Kier alpha value is -1.30. The molecule has 1 aliphatic rings. The Morgan fingerprint density at radius 3 is 2.63 bits per heavy atom. The lowest BCUT2D eigenvalue weighted by Gasteiger charge is -2.30. The van der Waals surface area contributed by atoms with Crippen LogP contribution in [0.25, 0.3) is 0 Å². The van der Waals surface area contributed by atoms with Gasteiger partial charge in [-0.1, -0.05) is 19.0 Å². The lowest BCUT2D eigenvalue weighted by atomic mass is 9.98. The monoisotopic (exact) mass is 271 g/mol. The number of carbonyl (C=O) groups excluding carboxylic acids is 1. The van der Waals surface area contributed by atoms with Crippen molar-refractivity contribution in [3.8, 4) is 0 Å². The van der Waals surface area contributed by atoms with Gasteiger partial charge in [-0.25, -0.2) is 0 Å². The SMILES string of the molecule is CC(C)CN(CC/C(N)=N/O)C(=O)C1CCOCC1. The third-order valence-corrected chi connectivity index (χ3v) is 3.23. The van der Waals surface area contributed by atoms with Gasteiger partial charge in [-0.05, 0) is 18.8 Å². The zero-order chi connectivity index (χ0) is 14.3. The van der Waals surface area contributed by atoms with Crippen LogP contribution in [0.2, 0.25) is 0 Å². The minimum atomic E-state index is 0.0554. The van der Waals surface area contributed by atoms with Crippen molar-refractivity contribution in [2.75, 3.05) is 26.3 Å². The molecule has 0 aromatic carbocycles. The highest BCUT2D eigenvalue weighted by Gasteiger charge is 2.26. The van der Waals surface area contributed by atoms with Gasteiger partial charge in [0.05, 0.1) is 0 Å². The molecule has 3 N–H and O–H groups in total. The number of nitrogens with two attached hydrogens (primary N) is 1. The van der Waals surface area contributed by atoms with Crippen molar-refractivity contribution in [2.45, 2.75) is 33.1 Å². The van der Waals surface area contributed by atoms with E-state index in [0.29, 0.717) is 38.6 Å². The van der Waals surface area contributed by atoms with Gasteiger partial charge in [-0.2, -0.15) is 0 Å². The predicted octanol–water partition coefficient (Wildman–Crippen LogP) is 1.03. The highest BCUT2D eigenvalue weighted by atomic mass is 16.5. The average Bonchev–Trinajstić information content (AvgIpc) is 2.42. The molecular weight excluding hydrogens is 246 g/mol. The number of amidine groups is 1. The number of hydrogen-bond donors (Lipinski definition) is 2. The Kier molecular flexibility index (Phi) is 6.62. The normalized spacial score (nSPS) is 17.7. The van der Waals surface area contributed by atoms with Gasteiger partial charge >= 0.3 is 0 Å². The first-order valence-corrected chi connectivity index (χ1v) is 6.87. The summed E-state index contributed by atoms with van der Waals surface area (Å²) in [7, 11) is 0. The molecule has 0 aromatic heterocycles. The minimum Gasteiger partial charge on any atom is -0.409 e. The van der Waals surface area contributed by atoms with E-state index in [-0.39, 0.29) is 17.7 Å². The molecular formula is C13H25N3O3. The fourth-order valence-electron chi connectivity index (χ4n) is 2.23. The summed E-state index contributed by atoms with van der Waals surface area (Å²) in [6.45, 7) is 6.68. The molecule has 6 heteroatoms. The highest BCUT2D eigenvalue weighted by Crippen LogP contribution is 2.18. The van der Waals surface area contributed by atoms with E-state index in [0.717, 1.165) is 12.8 Å². The third kappa shape index (κ3) is 5.46. The number of amides is 1. The summed E-state index contributed by atoms with van der Waals surface area (Å²) >= 11 is 0. The summed E-state index contributed by atoms with van der Waals surface area (Å²) in [6.07, 6.45) is 1.98. The third-order valence-electron chi connectivity index (χ3n) is 3.23. The van der Waals surface area contributed by atoms with Gasteiger partial charge in [-0.15, -0.1) is 0 Å². The van der Waals surface area contributed by atoms with Crippen LogP contribution in [0.1, 0.15) is 33.1 Å². The summed E-state index contributed by atoms with van der Waals surface area (Å²) in [5.74, 6) is 0.784. The molecule has 1 aliphatic heterocycles. The second-order valence-electron chi connectivity index (χ2n) is 5.41. The van der Waals surface area contributed by atoms with E-state index in [9.17, 15) is 4.79 Å². The van der Waals surface area contributed by atoms with E-state index >= 15 is 0 Å². The maximum atomic E-state index is 12.5. The molecule has 1 saturated heterocycles. The molecule has 1 rings (SSSR count). The van der Waals surface area contributed by atoms with E-state index in [1.54, 1.807) is 0 Å². The largest absolute Gasteiger partial charge is 0.409 e. The van der Waals surface area contributed by atoms with Crippen LogP contribution in [0.3, 0.4) is 0 Å². The van der Waals surface area contributed by atoms with Gasteiger partial charge in [-0.3, -0.25) is 4.79 Å². The van der Waals surface area contributed by atoms with Crippen LogP contribution in [0.4, 0.5) is 0 Å². The van der Waals surface area contributed by atoms with Crippen molar-refractivity contribution in [2.24, 2.45) is 22.7 Å². The van der Waals surface area contributed by atoms with Crippen molar-refractivity contribution >= 4 is 11.7 Å². The van der Waals surface area contributed by atoms with Gasteiger partial charge < -0.3 is 20.6 Å². The lowest BCUT2D eigenvalue weighted by Crippen LogP contribution is -2.42. The highest BCUT2D eigenvalue weighted by molar-refractivity contribution is 5.82. The standard InChI is InChI=1S/C13H25N3O3/c1-10(2)9-16(6-3-12(14)15-18)13(17)11-4-7-19-8-5-11/h10-11,18H,3-9H2,1-2H3,(H2,14,15). The molecule has 0 spiro atoms. The number of oxime groups is 1. The van der Waals surface area contributed by atoms with Crippen LogP contribution >= 0.6 is 0 Å². The van der Waals surface area contributed by atoms with E-state index in [1.807, 2.05) is 4.90 Å². The first-order chi connectivity index (χ1) is 9.04. The van der Waals surface area contributed by atoms with E-state index < -0.39 is 0 Å². The molecule has 1 heterocycles. The summed E-state index contributed by atoms with van der Waals surface area (Å²) in [5.41, 5.74) is 5.47. The van der Waals surface area contributed by atoms with Crippen LogP contribution in [0.5, 0.6) is 0 Å². The number of ether oxygens (including phenoxy) is 1. The summed E-state index contributed by atoms with van der Waals surface area (Å²) in [6, 6.07) is 0. The van der Waals surface area contributed by atoms with E-state index in [2.05, 4.69) is 19.0 Å². The molecule has 0 aliphatic carbocycles. The lowest BCUT2D eigenvalue weighted by molar-refractivity contribution is -0.139. The van der Waals surface area contributed by atoms with Crippen LogP contribution in [-0.4, -0.2) is 48.2 Å². The van der Waals surface area contributed by atoms with Gasteiger partial charge in [0, 0.05) is 38.6 Å². The van der Waals surface area contributed by atoms with Gasteiger partial charge in [0.1, 0.15) is 5.84 Å². The van der Waals surface area contributed by atoms with Crippen LogP contribution in [-0.2, 0) is 9.53 Å². The van der Waals surface area contributed by atoms with Crippen molar-refractivity contribution in [1.29, 1.82) is 0 Å². The summed E-state index contributed by atoms with van der Waals surface area (Å²) in [5, 5.41) is 11.5. The van der Waals surface area contributed by atoms with E-state index in [4.69, 9.17) is 15.7 Å². The maximum absolute atomic E-state index is 12.5. The predicted molar refractivity (Wildman–Crippen MR) is 73.0 cm³/mol. The molecule has 19 heavy (non-hydrogen) atoms. The Bertz CT molecular complexity index is 312. The molecule has 0 radical (unpaired) electrons. The molecule has 0 bridgehead atoms. The molecule has 0 aromatic rings. The first-order valence-electron chi connectivity index (χ1n) is 6.87. The smallest absolute Gasteiger partial charge is 0.225 e. The zero-order valence-corrected chi connectivity index (χ0v) is 11.8. The first kappa shape index (κ1) is 15.8. The maximum Gasteiger partial charge on any atom is 0.225 e. The molecule has 1 amide bonds. The van der Waals surface area contributed by atoms with E-state index in [1.165, 1.54) is 0 Å². The van der Waals surface area contributed by atoms with Crippen LogP contribution in [0.15, 0.2) is 5.16 Å². The van der Waals surface area contributed by atoms with Crippen molar-refractivity contribution in [3.05, 3.63) is 0 Å². The van der Waals surface area contributed by atoms with Gasteiger partial charge in [0.2, 0.25) is 5.91 Å². The molecule has 110 valence electrons. The second kappa shape index (κ2) is 7.99. The Morgan fingerprint density at radius 2 is 2.11 bits per heavy atom. The van der Waals surface area contributed by atoms with Crippen molar-refractivity contribution < 1.29 is 14.7 Å². The molecule has 0 atom stereocenters. The molecule has 0 unspecified atom stereocenters. The zero-order valence-electron chi connectivity index (χ0n) is 11.8. The van der Waals surface area contributed by atoms with Crippen molar-refractivity contribution in [3.63, 3.8) is 0 Å². The van der Waals surface area contributed by atoms with Crippen LogP contribution in [0, 0.1) is 11.8 Å². The quantitative estimate of drug-likeness (QED) is 0.327.